The molecular formula is C42H50N8O6. The summed E-state index contributed by atoms with van der Waals surface area (Å²) >= 11 is 0. The zero-order valence-electron chi connectivity index (χ0n) is 32.4. The number of rotatable bonds is 11. The van der Waals surface area contributed by atoms with Crippen molar-refractivity contribution in [3.8, 4) is 33.6 Å². The van der Waals surface area contributed by atoms with Crippen molar-refractivity contribution >= 4 is 24.0 Å². The minimum atomic E-state index is -0.653. The van der Waals surface area contributed by atoms with Gasteiger partial charge >= 0.3 is 12.2 Å². The fraction of sp³-hybridized carbons (Fsp3) is 0.476. The molecule has 14 heteroatoms. The molecule has 2 saturated heterocycles. The molecule has 4 fully saturated rings. The minimum Gasteiger partial charge on any atom is -0.453 e. The SMILES string of the molecule is CC[C@H](NC(=O)OC)C(=O)N1CC2(CC2)C[C@H]1c1ncc(-c2ccc(-c3ccc(-c4cnc([C@@H]5CC6(CC6)CN5C(=O)[C@H](CC)NC(=O)OC)[nH]4)cc3)cc2)[nH]1. The zero-order valence-corrected chi connectivity index (χ0v) is 32.4. The van der Waals surface area contributed by atoms with Gasteiger partial charge in [-0.25, -0.2) is 19.6 Å². The number of benzene rings is 2. The van der Waals surface area contributed by atoms with Crippen LogP contribution in [0.5, 0.6) is 0 Å². The number of hydrogen-bond acceptors (Lipinski definition) is 8. The Bertz CT molecular complexity index is 1950. The first-order chi connectivity index (χ1) is 27.1. The molecule has 0 bridgehead atoms. The number of alkyl carbamates (subject to hydrolysis) is 2. The number of hydrogen-bond donors (Lipinski definition) is 4. The number of nitrogens with one attached hydrogen (secondary N) is 4. The van der Waals surface area contributed by atoms with Crippen molar-refractivity contribution in [2.75, 3.05) is 27.3 Å². The molecule has 4 aliphatic rings. The highest BCUT2D eigenvalue weighted by molar-refractivity contribution is 5.87. The van der Waals surface area contributed by atoms with Crippen LogP contribution in [-0.4, -0.2) is 93.1 Å². The number of aromatic amines is 2. The van der Waals surface area contributed by atoms with Crippen LogP contribution in [-0.2, 0) is 19.1 Å². The number of carbonyl (C=O) groups is 4. The summed E-state index contributed by atoms with van der Waals surface area (Å²) in [4.78, 5) is 71.4. The quantitative estimate of drug-likeness (QED) is 0.134. The molecule has 2 saturated carbocycles. The largest absolute Gasteiger partial charge is 0.453 e. The van der Waals surface area contributed by atoms with Crippen LogP contribution in [0.3, 0.4) is 0 Å². The predicted molar refractivity (Wildman–Crippen MR) is 208 cm³/mol. The van der Waals surface area contributed by atoms with E-state index in [0.29, 0.717) is 25.9 Å². The number of methoxy groups -OCH3 is 2. The van der Waals surface area contributed by atoms with Gasteiger partial charge in [-0.05, 0) is 84.5 Å². The summed E-state index contributed by atoms with van der Waals surface area (Å²) < 4.78 is 9.52. The van der Waals surface area contributed by atoms with Crippen LogP contribution >= 0.6 is 0 Å². The normalized spacial score (nSPS) is 21.1. The first-order valence-electron chi connectivity index (χ1n) is 19.7. The van der Waals surface area contributed by atoms with E-state index in [4.69, 9.17) is 19.4 Å². The maximum Gasteiger partial charge on any atom is 0.407 e. The van der Waals surface area contributed by atoms with Gasteiger partial charge in [0.15, 0.2) is 0 Å². The molecule has 2 aromatic carbocycles. The Hall–Kier alpha value is -5.66. The monoisotopic (exact) mass is 762 g/mol. The van der Waals surface area contributed by atoms with E-state index >= 15 is 0 Å². The summed E-state index contributed by atoms with van der Waals surface area (Å²) in [6.45, 7) is 5.09. The Kier molecular flexibility index (Phi) is 9.83. The molecule has 56 heavy (non-hydrogen) atoms. The number of likely N-dealkylation sites (tertiary alicyclic amines) is 2. The van der Waals surface area contributed by atoms with Crippen molar-refractivity contribution in [2.24, 2.45) is 10.8 Å². The van der Waals surface area contributed by atoms with Crippen molar-refractivity contribution in [1.82, 2.24) is 40.4 Å². The Morgan fingerprint density at radius 1 is 0.661 bits per heavy atom. The van der Waals surface area contributed by atoms with E-state index < -0.39 is 24.3 Å². The fourth-order valence-corrected chi connectivity index (χ4v) is 8.61. The van der Waals surface area contributed by atoms with E-state index in [2.05, 4.69) is 69.1 Å². The first kappa shape index (κ1) is 37.3. The van der Waals surface area contributed by atoms with Gasteiger partial charge in [0.05, 0.1) is 50.1 Å². The lowest BCUT2D eigenvalue weighted by Crippen LogP contribution is -2.48. The summed E-state index contributed by atoms with van der Waals surface area (Å²) in [7, 11) is 2.60. The van der Waals surface area contributed by atoms with Crippen molar-refractivity contribution in [3.05, 3.63) is 72.6 Å². The Morgan fingerprint density at radius 3 is 1.34 bits per heavy atom. The standard InChI is InChI=1S/C42H50N8O6/c1-5-29(47-39(53)55-3)37(51)49-23-41(15-16-41)19-33(49)35-43-21-31(45-35)27-11-7-25(8-12-27)26-9-13-28(14-10-26)32-22-44-36(46-32)34-20-42(17-18-42)24-50(34)38(52)30(6-2)48-40(54)56-4/h7-14,21-22,29-30,33-34H,5-6,15-20,23-24H2,1-4H3,(H,43,45)(H,44,46)(H,47,53)(H,48,54)/t29-,30-,33-,34-/m0/s1. The number of imidazole rings is 2. The molecule has 4 heterocycles. The fourth-order valence-electron chi connectivity index (χ4n) is 8.61. The molecule has 4 atom stereocenters. The molecule has 294 valence electrons. The summed E-state index contributed by atoms with van der Waals surface area (Å²) in [6, 6.07) is 15.0. The first-order valence-corrected chi connectivity index (χ1v) is 19.7. The minimum absolute atomic E-state index is 0.108. The van der Waals surface area contributed by atoms with Crippen molar-refractivity contribution in [2.45, 2.75) is 89.4 Å². The third-order valence-corrected chi connectivity index (χ3v) is 12.4. The topological polar surface area (TPSA) is 175 Å². The summed E-state index contributed by atoms with van der Waals surface area (Å²) in [6.07, 6.45) is 9.44. The Balaban J connectivity index is 0.938. The lowest BCUT2D eigenvalue weighted by molar-refractivity contribution is -0.135. The smallest absolute Gasteiger partial charge is 0.407 e. The van der Waals surface area contributed by atoms with Crippen LogP contribution in [0.25, 0.3) is 33.6 Å². The van der Waals surface area contributed by atoms with Gasteiger partial charge in [0.2, 0.25) is 11.8 Å². The van der Waals surface area contributed by atoms with Crippen LogP contribution < -0.4 is 10.6 Å². The van der Waals surface area contributed by atoms with Gasteiger partial charge in [-0.3, -0.25) is 9.59 Å². The van der Waals surface area contributed by atoms with E-state index in [0.717, 1.165) is 83.8 Å². The van der Waals surface area contributed by atoms with Gasteiger partial charge in [0, 0.05) is 13.1 Å². The van der Waals surface area contributed by atoms with Gasteiger partial charge < -0.3 is 39.9 Å². The van der Waals surface area contributed by atoms with Crippen LogP contribution in [0.2, 0.25) is 0 Å². The maximum atomic E-state index is 13.6. The molecule has 4 N–H and O–H groups in total. The molecule has 4 aromatic rings. The molecule has 4 amide bonds. The molecule has 2 aliphatic heterocycles. The highest BCUT2D eigenvalue weighted by atomic mass is 16.5. The number of ether oxygens (including phenoxy) is 2. The molecule has 2 aliphatic carbocycles. The van der Waals surface area contributed by atoms with Crippen LogP contribution in [0.1, 0.15) is 88.9 Å². The third kappa shape index (κ3) is 7.24. The number of H-pyrrole nitrogens is 2. The number of aromatic nitrogens is 4. The van der Waals surface area contributed by atoms with E-state index in [1.807, 2.05) is 36.0 Å². The maximum absolute atomic E-state index is 13.6. The van der Waals surface area contributed by atoms with E-state index in [1.54, 1.807) is 0 Å². The van der Waals surface area contributed by atoms with Gasteiger partial charge in [0.1, 0.15) is 23.7 Å². The van der Waals surface area contributed by atoms with Crippen molar-refractivity contribution in [3.63, 3.8) is 0 Å². The summed E-state index contributed by atoms with van der Waals surface area (Å²) in [5, 5.41) is 5.39. The number of amides is 4. The Morgan fingerprint density at radius 2 is 1.02 bits per heavy atom. The van der Waals surface area contributed by atoms with E-state index in [-0.39, 0.29) is 34.7 Å². The van der Waals surface area contributed by atoms with Crippen LogP contribution in [0.4, 0.5) is 9.59 Å². The molecule has 0 radical (unpaired) electrons. The van der Waals surface area contributed by atoms with Gasteiger partial charge in [-0.1, -0.05) is 62.4 Å². The average Bonchev–Trinajstić information content (AvgIpc) is 3.80. The second-order valence-electron chi connectivity index (χ2n) is 16.1. The van der Waals surface area contributed by atoms with Crippen LogP contribution in [0.15, 0.2) is 60.9 Å². The molecule has 8 rings (SSSR count). The summed E-state index contributed by atoms with van der Waals surface area (Å²) in [5.74, 6) is 1.30. The molecular weight excluding hydrogens is 713 g/mol. The highest BCUT2D eigenvalue weighted by Gasteiger charge is 2.56. The average molecular weight is 763 g/mol. The molecule has 2 spiro atoms. The van der Waals surface area contributed by atoms with E-state index in [9.17, 15) is 19.2 Å². The van der Waals surface area contributed by atoms with Gasteiger partial charge in [-0.15, -0.1) is 0 Å². The van der Waals surface area contributed by atoms with Gasteiger partial charge in [-0.2, -0.15) is 0 Å². The van der Waals surface area contributed by atoms with Crippen molar-refractivity contribution < 1.29 is 28.7 Å². The lowest BCUT2D eigenvalue weighted by Gasteiger charge is -2.27. The number of nitrogens with zero attached hydrogens (tertiary/aromatic N) is 4. The predicted octanol–water partition coefficient (Wildman–Crippen LogP) is 6.51. The Labute approximate surface area is 326 Å². The van der Waals surface area contributed by atoms with E-state index in [1.165, 1.54) is 14.2 Å². The van der Waals surface area contributed by atoms with Crippen molar-refractivity contribution in [1.29, 1.82) is 0 Å². The van der Waals surface area contributed by atoms with Crippen LogP contribution in [0, 0.1) is 10.8 Å². The molecule has 2 aromatic heterocycles. The zero-order chi connectivity index (χ0) is 39.2. The lowest BCUT2D eigenvalue weighted by atomic mass is 10.0. The second kappa shape index (κ2) is 14.8. The second-order valence-corrected chi connectivity index (χ2v) is 16.1. The molecule has 14 nitrogen and oxygen atoms in total. The number of carbonyl (C=O) groups excluding carboxylic acids is 4. The highest BCUT2D eigenvalue weighted by Crippen LogP contribution is 2.59. The van der Waals surface area contributed by atoms with Gasteiger partial charge in [0.25, 0.3) is 0 Å². The molecule has 0 unspecified atom stereocenters. The summed E-state index contributed by atoms with van der Waals surface area (Å²) in [5.41, 5.74) is 6.13. The third-order valence-electron chi connectivity index (χ3n) is 12.4.